The van der Waals surface area contributed by atoms with E-state index in [1.54, 1.807) is 18.2 Å². The molecule has 0 atom stereocenters. The second-order valence-corrected chi connectivity index (χ2v) is 4.69. The molecule has 1 heterocycles. The molecule has 18 heavy (non-hydrogen) atoms. The van der Waals surface area contributed by atoms with E-state index < -0.39 is 0 Å². The number of aromatic amines is 1. The fourth-order valence-electron chi connectivity index (χ4n) is 1.70. The number of aromatic nitrogens is 2. The number of nitrogens with zero attached hydrogens (tertiary/aromatic N) is 1. The molecular formula is C13H12BrFN2O. The van der Waals surface area contributed by atoms with Crippen LogP contribution in [0.2, 0.25) is 0 Å². The molecular weight excluding hydrogens is 299 g/mol. The Hall–Kier alpha value is -1.49. The fourth-order valence-corrected chi connectivity index (χ4v) is 2.17. The maximum Gasteiger partial charge on any atom is 0.265 e. The summed E-state index contributed by atoms with van der Waals surface area (Å²) in [5, 5.41) is 0. The Kier molecular flexibility index (Phi) is 3.91. The van der Waals surface area contributed by atoms with Gasteiger partial charge in [0.1, 0.15) is 16.1 Å². The van der Waals surface area contributed by atoms with Crippen molar-refractivity contribution >= 4 is 15.9 Å². The fraction of sp³-hybridized carbons (Fsp3) is 0.231. The van der Waals surface area contributed by atoms with Crippen molar-refractivity contribution in [2.75, 3.05) is 0 Å². The summed E-state index contributed by atoms with van der Waals surface area (Å²) in [4.78, 5) is 18.6. The minimum absolute atomic E-state index is 0.229. The molecule has 5 heteroatoms. The third-order valence-electron chi connectivity index (χ3n) is 2.63. The molecule has 0 aliphatic carbocycles. The molecule has 2 aromatic rings. The van der Waals surface area contributed by atoms with Crippen molar-refractivity contribution in [3.05, 3.63) is 62.0 Å². The van der Waals surface area contributed by atoms with Crippen LogP contribution in [0.15, 0.2) is 33.5 Å². The third-order valence-corrected chi connectivity index (χ3v) is 3.45. The van der Waals surface area contributed by atoms with E-state index in [0.717, 1.165) is 0 Å². The van der Waals surface area contributed by atoms with Crippen LogP contribution in [0.1, 0.15) is 24.0 Å². The molecule has 94 valence electrons. The highest BCUT2D eigenvalue weighted by Crippen LogP contribution is 2.13. The van der Waals surface area contributed by atoms with Crippen LogP contribution in [0.4, 0.5) is 4.39 Å². The van der Waals surface area contributed by atoms with E-state index in [4.69, 9.17) is 0 Å². The number of benzene rings is 1. The average Bonchev–Trinajstić information content (AvgIpc) is 2.36. The molecule has 0 amide bonds. The summed E-state index contributed by atoms with van der Waals surface area (Å²) in [6.45, 7) is 1.92. The molecule has 1 aromatic carbocycles. The summed E-state index contributed by atoms with van der Waals surface area (Å²) >= 11 is 3.19. The van der Waals surface area contributed by atoms with Crippen LogP contribution in [0.3, 0.4) is 0 Å². The van der Waals surface area contributed by atoms with E-state index in [9.17, 15) is 9.18 Å². The van der Waals surface area contributed by atoms with E-state index in [1.165, 1.54) is 6.07 Å². The summed E-state index contributed by atoms with van der Waals surface area (Å²) < 4.78 is 14.0. The molecule has 0 spiro atoms. The third kappa shape index (κ3) is 2.67. The Bertz CT molecular complexity index is 625. The van der Waals surface area contributed by atoms with Gasteiger partial charge in [0.2, 0.25) is 0 Å². The zero-order chi connectivity index (χ0) is 13.1. The number of hydrogen-bond donors (Lipinski definition) is 1. The van der Waals surface area contributed by atoms with E-state index >= 15 is 0 Å². The number of halogens is 2. The van der Waals surface area contributed by atoms with Gasteiger partial charge in [0.05, 0.1) is 5.69 Å². The lowest BCUT2D eigenvalue weighted by Gasteiger charge is -2.06. The van der Waals surface area contributed by atoms with Gasteiger partial charge < -0.3 is 4.98 Å². The standard InChI is InChI=1S/C13H12BrFN2O/c1-2-10-12(14)13(18)17-11(16-10)7-8-5-3-4-6-9(8)15/h3-6H,2,7H2,1H3,(H,16,17,18). The minimum Gasteiger partial charge on any atom is -0.309 e. The Morgan fingerprint density at radius 2 is 2.11 bits per heavy atom. The molecule has 0 aliphatic rings. The second kappa shape index (κ2) is 5.44. The van der Waals surface area contributed by atoms with Crippen LogP contribution in [-0.4, -0.2) is 9.97 Å². The normalized spacial score (nSPS) is 10.6. The highest BCUT2D eigenvalue weighted by atomic mass is 79.9. The van der Waals surface area contributed by atoms with Crippen LogP contribution in [0.5, 0.6) is 0 Å². The molecule has 1 N–H and O–H groups in total. The first kappa shape index (κ1) is 13.0. The highest BCUT2D eigenvalue weighted by molar-refractivity contribution is 9.10. The van der Waals surface area contributed by atoms with E-state index in [2.05, 4.69) is 25.9 Å². The molecule has 0 aliphatic heterocycles. The Labute approximate surface area is 112 Å². The van der Waals surface area contributed by atoms with Crippen molar-refractivity contribution in [2.45, 2.75) is 19.8 Å². The first-order chi connectivity index (χ1) is 8.61. The SMILES string of the molecule is CCc1nc(Cc2ccccc2F)[nH]c(=O)c1Br. The van der Waals surface area contributed by atoms with E-state index in [0.29, 0.717) is 28.0 Å². The van der Waals surface area contributed by atoms with Crippen LogP contribution in [0.25, 0.3) is 0 Å². The quantitative estimate of drug-likeness (QED) is 0.947. The smallest absolute Gasteiger partial charge is 0.265 e. The van der Waals surface area contributed by atoms with Gasteiger partial charge in [0, 0.05) is 6.42 Å². The van der Waals surface area contributed by atoms with Gasteiger partial charge >= 0.3 is 0 Å². The van der Waals surface area contributed by atoms with E-state index in [1.807, 2.05) is 6.92 Å². The molecule has 1 aromatic heterocycles. The summed E-state index contributed by atoms with van der Waals surface area (Å²) in [5.41, 5.74) is 0.975. The Morgan fingerprint density at radius 3 is 2.78 bits per heavy atom. The summed E-state index contributed by atoms with van der Waals surface area (Å²) in [7, 11) is 0. The molecule has 3 nitrogen and oxygen atoms in total. The molecule has 0 fully saturated rings. The number of rotatable bonds is 3. The molecule has 0 radical (unpaired) electrons. The first-order valence-corrected chi connectivity index (χ1v) is 6.42. The predicted molar refractivity (Wildman–Crippen MR) is 71.1 cm³/mol. The predicted octanol–water partition coefficient (Wildman–Crippen LogP) is 2.82. The van der Waals surface area contributed by atoms with Gasteiger partial charge in [-0.05, 0) is 34.0 Å². The van der Waals surface area contributed by atoms with Gasteiger partial charge in [-0.1, -0.05) is 25.1 Å². The monoisotopic (exact) mass is 310 g/mol. The van der Waals surface area contributed by atoms with Gasteiger partial charge in [0.25, 0.3) is 5.56 Å². The van der Waals surface area contributed by atoms with Gasteiger partial charge in [-0.3, -0.25) is 4.79 Å². The maximum atomic E-state index is 13.5. The van der Waals surface area contributed by atoms with Crippen molar-refractivity contribution in [3.63, 3.8) is 0 Å². The van der Waals surface area contributed by atoms with Crippen molar-refractivity contribution in [2.24, 2.45) is 0 Å². The topological polar surface area (TPSA) is 45.8 Å². The van der Waals surface area contributed by atoms with E-state index in [-0.39, 0.29) is 17.8 Å². The van der Waals surface area contributed by atoms with Gasteiger partial charge in [0.15, 0.2) is 0 Å². The molecule has 2 rings (SSSR count). The van der Waals surface area contributed by atoms with Crippen LogP contribution < -0.4 is 5.56 Å². The lowest BCUT2D eigenvalue weighted by atomic mass is 10.1. The van der Waals surface area contributed by atoms with Crippen molar-refractivity contribution in [1.82, 2.24) is 9.97 Å². The van der Waals surface area contributed by atoms with Gasteiger partial charge in [-0.2, -0.15) is 0 Å². The minimum atomic E-state index is -0.291. The summed E-state index contributed by atoms with van der Waals surface area (Å²) in [6, 6.07) is 6.47. The van der Waals surface area contributed by atoms with Crippen LogP contribution in [0, 0.1) is 5.82 Å². The van der Waals surface area contributed by atoms with Gasteiger partial charge in [-0.15, -0.1) is 0 Å². The Balaban J connectivity index is 2.39. The number of aryl methyl sites for hydroxylation is 1. The van der Waals surface area contributed by atoms with Crippen molar-refractivity contribution < 1.29 is 4.39 Å². The first-order valence-electron chi connectivity index (χ1n) is 5.62. The van der Waals surface area contributed by atoms with Crippen LogP contribution in [-0.2, 0) is 12.8 Å². The number of nitrogens with one attached hydrogen (secondary N) is 1. The second-order valence-electron chi connectivity index (χ2n) is 3.90. The van der Waals surface area contributed by atoms with Crippen molar-refractivity contribution in [1.29, 1.82) is 0 Å². The number of H-pyrrole nitrogens is 1. The highest BCUT2D eigenvalue weighted by Gasteiger charge is 2.09. The average molecular weight is 311 g/mol. The lowest BCUT2D eigenvalue weighted by molar-refractivity contribution is 0.611. The summed E-state index contributed by atoms with van der Waals surface area (Å²) in [5.74, 6) is 0.186. The van der Waals surface area contributed by atoms with Crippen LogP contribution >= 0.6 is 15.9 Å². The molecule has 0 saturated carbocycles. The van der Waals surface area contributed by atoms with Gasteiger partial charge in [-0.25, -0.2) is 9.37 Å². The lowest BCUT2D eigenvalue weighted by Crippen LogP contribution is -2.15. The Morgan fingerprint density at radius 1 is 1.39 bits per heavy atom. The molecule has 0 bridgehead atoms. The summed E-state index contributed by atoms with van der Waals surface area (Å²) in [6.07, 6.45) is 0.928. The number of hydrogen-bond acceptors (Lipinski definition) is 2. The van der Waals surface area contributed by atoms with Crippen molar-refractivity contribution in [3.8, 4) is 0 Å². The largest absolute Gasteiger partial charge is 0.309 e. The zero-order valence-corrected chi connectivity index (χ0v) is 11.4. The maximum absolute atomic E-state index is 13.5. The molecule has 0 saturated heterocycles. The zero-order valence-electron chi connectivity index (χ0n) is 9.84. The molecule has 0 unspecified atom stereocenters.